The van der Waals surface area contributed by atoms with E-state index >= 15 is 0 Å². The second kappa shape index (κ2) is 6.00. The van der Waals surface area contributed by atoms with E-state index < -0.39 is 0 Å². The number of hydrogen-bond donors (Lipinski definition) is 2. The van der Waals surface area contributed by atoms with Crippen LogP contribution in [0.5, 0.6) is 0 Å². The Balaban J connectivity index is 1.80. The maximum atomic E-state index is 12.1. The molecule has 0 spiro atoms. The maximum absolute atomic E-state index is 12.1. The van der Waals surface area contributed by atoms with Crippen LogP contribution in [-0.4, -0.2) is 26.6 Å². The van der Waals surface area contributed by atoms with Crippen molar-refractivity contribution < 1.29 is 5.11 Å². The van der Waals surface area contributed by atoms with E-state index in [1.165, 1.54) is 17.8 Å². The lowest BCUT2D eigenvalue weighted by Gasteiger charge is -2.47. The van der Waals surface area contributed by atoms with Crippen molar-refractivity contribution in [1.29, 1.82) is 0 Å². The molecule has 6 heteroatoms. The minimum Gasteiger partial charge on any atom is -0.394 e. The van der Waals surface area contributed by atoms with E-state index in [1.54, 1.807) is 16.7 Å². The molecule has 0 radical (unpaired) electrons. The van der Waals surface area contributed by atoms with E-state index in [4.69, 9.17) is 0 Å². The summed E-state index contributed by atoms with van der Waals surface area (Å²) >= 11 is 1.46. The summed E-state index contributed by atoms with van der Waals surface area (Å²) in [5.41, 5.74) is 0.603. The highest BCUT2D eigenvalue weighted by molar-refractivity contribution is 7.15. The minimum absolute atomic E-state index is 0.0524. The summed E-state index contributed by atoms with van der Waals surface area (Å²) in [6.45, 7) is 7.39. The molecular weight excluding hydrogens is 310 g/mol. The first-order valence-corrected chi connectivity index (χ1v) is 9.02. The van der Waals surface area contributed by atoms with Crippen molar-refractivity contribution in [2.24, 2.45) is 11.3 Å². The van der Waals surface area contributed by atoms with E-state index in [9.17, 15) is 9.90 Å². The molecule has 1 aliphatic carbocycles. The minimum atomic E-state index is -0.288. The lowest BCUT2D eigenvalue weighted by molar-refractivity contribution is 0.0350. The Bertz CT molecular complexity index is 752. The Kier molecular flexibility index (Phi) is 4.33. The lowest BCUT2D eigenvalue weighted by atomic mass is 9.64. The Morgan fingerprint density at radius 2 is 2.26 bits per heavy atom. The van der Waals surface area contributed by atoms with Crippen LogP contribution in [-0.2, 0) is 6.54 Å². The van der Waals surface area contributed by atoms with Crippen molar-refractivity contribution in [2.45, 2.75) is 52.1 Å². The van der Waals surface area contributed by atoms with Gasteiger partial charge in [-0.1, -0.05) is 20.8 Å². The van der Waals surface area contributed by atoms with Gasteiger partial charge in [0, 0.05) is 29.7 Å². The fraction of sp³-hybridized carbons (Fsp3) is 0.647. The second-order valence-electron chi connectivity index (χ2n) is 7.79. The highest BCUT2D eigenvalue weighted by Gasteiger charge is 2.42. The van der Waals surface area contributed by atoms with Gasteiger partial charge in [-0.15, -0.1) is 11.3 Å². The Labute approximate surface area is 140 Å². The predicted molar refractivity (Wildman–Crippen MR) is 92.8 cm³/mol. The average Bonchev–Trinajstić information content (AvgIpc) is 2.92. The van der Waals surface area contributed by atoms with Crippen molar-refractivity contribution >= 4 is 16.3 Å². The van der Waals surface area contributed by atoms with Crippen molar-refractivity contribution in [2.75, 3.05) is 6.61 Å². The molecule has 5 nitrogen and oxygen atoms in total. The van der Waals surface area contributed by atoms with Gasteiger partial charge in [-0.05, 0) is 30.6 Å². The topological polar surface area (TPSA) is 66.6 Å². The number of thiazole rings is 1. The van der Waals surface area contributed by atoms with E-state index in [1.807, 2.05) is 5.38 Å². The first-order chi connectivity index (χ1) is 10.8. The van der Waals surface area contributed by atoms with Gasteiger partial charge in [0.2, 0.25) is 0 Å². The fourth-order valence-corrected chi connectivity index (χ4v) is 5.05. The van der Waals surface area contributed by atoms with Gasteiger partial charge < -0.3 is 10.4 Å². The molecule has 3 rings (SSSR count). The third-order valence-corrected chi connectivity index (χ3v) is 5.52. The van der Waals surface area contributed by atoms with Crippen LogP contribution in [0.1, 0.15) is 45.7 Å². The molecule has 2 unspecified atom stereocenters. The molecule has 0 amide bonds. The molecule has 2 N–H and O–H groups in total. The summed E-state index contributed by atoms with van der Waals surface area (Å²) in [6.07, 6.45) is 4.80. The molecule has 0 aromatic carbocycles. The highest BCUT2D eigenvalue weighted by Crippen LogP contribution is 2.43. The van der Waals surface area contributed by atoms with Crippen LogP contribution in [0.25, 0.3) is 4.96 Å². The molecule has 23 heavy (non-hydrogen) atoms. The first-order valence-electron chi connectivity index (χ1n) is 8.14. The second-order valence-corrected chi connectivity index (χ2v) is 8.66. The van der Waals surface area contributed by atoms with Crippen molar-refractivity contribution in [1.82, 2.24) is 14.7 Å². The van der Waals surface area contributed by atoms with Gasteiger partial charge in [0.1, 0.15) is 0 Å². The molecule has 2 aromatic heterocycles. The lowest BCUT2D eigenvalue weighted by Crippen LogP contribution is -2.55. The molecule has 2 atom stereocenters. The summed E-state index contributed by atoms with van der Waals surface area (Å²) < 4.78 is 1.56. The molecule has 1 saturated carbocycles. The number of aliphatic hydroxyl groups excluding tert-OH is 1. The molecule has 126 valence electrons. The molecule has 2 heterocycles. The molecule has 0 saturated heterocycles. The van der Waals surface area contributed by atoms with Crippen LogP contribution >= 0.6 is 11.3 Å². The summed E-state index contributed by atoms with van der Waals surface area (Å²) in [7, 11) is 0. The van der Waals surface area contributed by atoms with E-state index in [2.05, 4.69) is 31.1 Å². The molecule has 1 aliphatic rings. The van der Waals surface area contributed by atoms with Crippen molar-refractivity contribution in [3.63, 3.8) is 0 Å². The van der Waals surface area contributed by atoms with Crippen molar-refractivity contribution in [3.8, 4) is 0 Å². The first kappa shape index (κ1) is 16.6. The van der Waals surface area contributed by atoms with E-state index in [-0.39, 0.29) is 23.1 Å². The number of aliphatic hydroxyl groups is 1. The fourth-order valence-electron chi connectivity index (χ4n) is 4.31. The molecule has 0 aliphatic heterocycles. The number of nitrogens with zero attached hydrogens (tertiary/aromatic N) is 2. The summed E-state index contributed by atoms with van der Waals surface area (Å²) in [5.74, 6) is 0.566. The van der Waals surface area contributed by atoms with Crippen LogP contribution in [0, 0.1) is 11.3 Å². The highest BCUT2D eigenvalue weighted by atomic mass is 32.1. The van der Waals surface area contributed by atoms with Gasteiger partial charge >= 0.3 is 0 Å². The molecule has 0 bridgehead atoms. The van der Waals surface area contributed by atoms with Gasteiger partial charge in [0.05, 0.1) is 12.3 Å². The normalized spacial score (nSPS) is 27.4. The van der Waals surface area contributed by atoms with Gasteiger partial charge in [-0.2, -0.15) is 0 Å². The van der Waals surface area contributed by atoms with Gasteiger partial charge in [0.25, 0.3) is 5.56 Å². The Hall–Kier alpha value is -1.24. The summed E-state index contributed by atoms with van der Waals surface area (Å²) in [5, 5.41) is 15.4. The average molecular weight is 335 g/mol. The zero-order valence-corrected chi connectivity index (χ0v) is 14.8. The smallest absolute Gasteiger partial charge is 0.258 e. The molecule has 2 aromatic rings. The Morgan fingerprint density at radius 3 is 2.96 bits per heavy atom. The number of fused-ring (bicyclic) bond motifs is 1. The maximum Gasteiger partial charge on any atom is 0.258 e. The van der Waals surface area contributed by atoms with Gasteiger partial charge in [-0.3, -0.25) is 9.20 Å². The zero-order chi connectivity index (χ0) is 16.7. The Morgan fingerprint density at radius 1 is 1.48 bits per heavy atom. The predicted octanol–water partition coefficient (Wildman–Crippen LogP) is 2.42. The quantitative estimate of drug-likeness (QED) is 0.900. The molecule has 1 fully saturated rings. The van der Waals surface area contributed by atoms with Gasteiger partial charge in [0.15, 0.2) is 4.96 Å². The third-order valence-electron chi connectivity index (χ3n) is 4.76. The van der Waals surface area contributed by atoms with Crippen LogP contribution in [0.4, 0.5) is 0 Å². The zero-order valence-electron chi connectivity index (χ0n) is 14.0. The summed E-state index contributed by atoms with van der Waals surface area (Å²) in [6, 6.07) is 1.58. The van der Waals surface area contributed by atoms with Crippen LogP contribution < -0.4 is 10.9 Å². The monoisotopic (exact) mass is 335 g/mol. The number of hydrogen-bond acceptors (Lipinski definition) is 5. The number of rotatable bonds is 4. The van der Waals surface area contributed by atoms with Crippen LogP contribution in [0.3, 0.4) is 0 Å². The van der Waals surface area contributed by atoms with Crippen LogP contribution in [0.2, 0.25) is 0 Å². The van der Waals surface area contributed by atoms with Crippen molar-refractivity contribution in [3.05, 3.63) is 33.7 Å². The van der Waals surface area contributed by atoms with Crippen LogP contribution in [0.15, 0.2) is 22.4 Å². The number of aromatic nitrogens is 2. The standard InChI is InChI=1S/C17H25N3O2S/c1-12-7-16(2,3)10-17(8-12,11-21)18-9-13-6-14(22)20-4-5-23-15(20)19-13/h4-6,12,18,21H,7-11H2,1-3H3. The molecular formula is C17H25N3O2S. The van der Waals surface area contributed by atoms with Gasteiger partial charge in [-0.25, -0.2) is 4.98 Å². The number of nitrogens with one attached hydrogen (secondary N) is 1. The largest absolute Gasteiger partial charge is 0.394 e. The SMILES string of the molecule is CC1CC(C)(C)CC(CO)(NCc2cc(=O)n3ccsc3n2)C1. The summed E-state index contributed by atoms with van der Waals surface area (Å²) in [4.78, 5) is 17.3. The van der Waals surface area contributed by atoms with E-state index in [0.717, 1.165) is 18.5 Å². The van der Waals surface area contributed by atoms with E-state index in [0.29, 0.717) is 17.4 Å². The third kappa shape index (κ3) is 3.49.